The largest absolute Gasteiger partial charge is 0.310 e. The second-order valence-corrected chi connectivity index (χ2v) is 6.79. The van der Waals surface area contributed by atoms with E-state index in [0.717, 1.165) is 29.0 Å². The summed E-state index contributed by atoms with van der Waals surface area (Å²) in [4.78, 5) is 12.4. The molecule has 134 valence electrons. The van der Waals surface area contributed by atoms with Gasteiger partial charge >= 0.3 is 0 Å². The van der Waals surface area contributed by atoms with Crippen molar-refractivity contribution in [3.05, 3.63) is 77.5 Å². The molecule has 1 heterocycles. The van der Waals surface area contributed by atoms with Crippen LogP contribution in [0.1, 0.15) is 11.1 Å². The molecule has 26 heavy (non-hydrogen) atoms. The second kappa shape index (κ2) is 8.14. The normalized spacial score (nSPS) is 10.7. The molecule has 0 radical (unpaired) electrons. The Balaban J connectivity index is 1.60. The number of hydrogen-bond donors (Lipinski definition) is 1. The van der Waals surface area contributed by atoms with Crippen molar-refractivity contribution in [1.82, 2.24) is 9.78 Å². The van der Waals surface area contributed by atoms with Crippen LogP contribution in [0, 0.1) is 18.6 Å². The lowest BCUT2D eigenvalue weighted by atomic mass is 10.1. The monoisotopic (exact) mass is 373 g/mol. The lowest BCUT2D eigenvalue weighted by Crippen LogP contribution is -2.18. The van der Waals surface area contributed by atoms with Crippen molar-refractivity contribution in [3.63, 3.8) is 0 Å². The molecule has 0 bridgehead atoms. The molecule has 1 aromatic heterocycles. The van der Waals surface area contributed by atoms with Crippen LogP contribution < -0.4 is 5.32 Å². The minimum atomic E-state index is -0.674. The van der Waals surface area contributed by atoms with Gasteiger partial charge in [0.2, 0.25) is 5.91 Å². The summed E-state index contributed by atoms with van der Waals surface area (Å²) in [5.41, 5.74) is 2.23. The zero-order valence-corrected chi connectivity index (χ0v) is 14.9. The van der Waals surface area contributed by atoms with Gasteiger partial charge in [-0.15, -0.1) is 11.8 Å². The van der Waals surface area contributed by atoms with E-state index in [1.165, 1.54) is 12.1 Å². The molecule has 7 heteroatoms. The van der Waals surface area contributed by atoms with Crippen LogP contribution in [-0.4, -0.2) is 21.4 Å². The summed E-state index contributed by atoms with van der Waals surface area (Å²) >= 11 is 1.01. The van der Waals surface area contributed by atoms with Gasteiger partial charge in [-0.3, -0.25) is 4.79 Å². The number of carbonyl (C=O) groups excluding carboxylic acids is 1. The van der Waals surface area contributed by atoms with Crippen LogP contribution in [0.4, 0.5) is 14.6 Å². The smallest absolute Gasteiger partial charge is 0.235 e. The number of benzene rings is 2. The number of rotatable bonds is 6. The fourth-order valence-corrected chi connectivity index (χ4v) is 3.18. The quantitative estimate of drug-likeness (QED) is 0.657. The van der Waals surface area contributed by atoms with Crippen LogP contribution in [0.15, 0.2) is 59.6 Å². The molecule has 0 aliphatic heterocycles. The topological polar surface area (TPSA) is 46.9 Å². The molecule has 0 aliphatic rings. The SMILES string of the molecule is Cc1cccc(Cn2nccc2NC(=O)CSc2ccc(F)cc2F)c1. The van der Waals surface area contributed by atoms with Crippen molar-refractivity contribution in [2.45, 2.75) is 18.4 Å². The minimum Gasteiger partial charge on any atom is -0.310 e. The molecule has 0 unspecified atom stereocenters. The van der Waals surface area contributed by atoms with Gasteiger partial charge in [0.15, 0.2) is 0 Å². The summed E-state index contributed by atoms with van der Waals surface area (Å²) in [5, 5.41) is 7.00. The number of nitrogens with zero attached hydrogens (tertiary/aromatic N) is 2. The summed E-state index contributed by atoms with van der Waals surface area (Å²) in [7, 11) is 0. The fraction of sp³-hybridized carbons (Fsp3) is 0.158. The minimum absolute atomic E-state index is 0.0121. The van der Waals surface area contributed by atoms with Gasteiger partial charge in [0.05, 0.1) is 18.5 Å². The number of carbonyl (C=O) groups is 1. The molecule has 1 amide bonds. The predicted octanol–water partition coefficient (Wildman–Crippen LogP) is 4.25. The van der Waals surface area contributed by atoms with E-state index in [9.17, 15) is 13.6 Å². The molecule has 0 saturated carbocycles. The van der Waals surface area contributed by atoms with Crippen LogP contribution in [0.3, 0.4) is 0 Å². The summed E-state index contributed by atoms with van der Waals surface area (Å²) < 4.78 is 28.2. The molecule has 0 fully saturated rings. The van der Waals surface area contributed by atoms with Gasteiger partial charge in [0.25, 0.3) is 0 Å². The zero-order valence-electron chi connectivity index (χ0n) is 14.1. The zero-order chi connectivity index (χ0) is 18.5. The number of halogens is 2. The fourth-order valence-electron chi connectivity index (χ4n) is 2.46. The average molecular weight is 373 g/mol. The number of nitrogens with one attached hydrogen (secondary N) is 1. The molecular formula is C19H17F2N3OS. The number of anilines is 1. The predicted molar refractivity (Wildman–Crippen MR) is 98.2 cm³/mol. The number of amides is 1. The number of aryl methyl sites for hydroxylation is 1. The molecule has 4 nitrogen and oxygen atoms in total. The summed E-state index contributed by atoms with van der Waals surface area (Å²) in [6.07, 6.45) is 1.61. The highest BCUT2D eigenvalue weighted by Gasteiger charge is 2.11. The van der Waals surface area contributed by atoms with Crippen LogP contribution >= 0.6 is 11.8 Å². The molecule has 2 aromatic carbocycles. The van der Waals surface area contributed by atoms with Gasteiger partial charge in [-0.25, -0.2) is 13.5 Å². The molecule has 3 aromatic rings. The highest BCUT2D eigenvalue weighted by molar-refractivity contribution is 8.00. The number of hydrogen-bond acceptors (Lipinski definition) is 3. The summed E-state index contributed by atoms with van der Waals surface area (Å²) in [6, 6.07) is 13.0. The third-order valence-electron chi connectivity index (χ3n) is 3.65. The Bertz CT molecular complexity index is 927. The van der Waals surface area contributed by atoms with E-state index in [1.807, 2.05) is 25.1 Å². The molecule has 3 rings (SSSR count). The van der Waals surface area contributed by atoms with Crippen LogP contribution in [0.2, 0.25) is 0 Å². The Labute approximate surface area is 154 Å². The molecule has 0 atom stereocenters. The van der Waals surface area contributed by atoms with E-state index < -0.39 is 11.6 Å². The first-order chi connectivity index (χ1) is 12.5. The number of thioether (sulfide) groups is 1. The van der Waals surface area contributed by atoms with Crippen LogP contribution in [-0.2, 0) is 11.3 Å². The van der Waals surface area contributed by atoms with Gasteiger partial charge in [-0.05, 0) is 24.6 Å². The van der Waals surface area contributed by atoms with Crippen molar-refractivity contribution < 1.29 is 13.6 Å². The Kier molecular flexibility index (Phi) is 5.68. The van der Waals surface area contributed by atoms with E-state index in [2.05, 4.69) is 16.5 Å². The standard InChI is InChI=1S/C19H17F2N3OS/c1-13-3-2-4-14(9-13)11-24-18(7-8-22-24)23-19(25)12-26-17-6-5-15(20)10-16(17)21/h2-10H,11-12H2,1H3,(H,23,25). The van der Waals surface area contributed by atoms with Gasteiger partial charge in [-0.2, -0.15) is 5.10 Å². The Morgan fingerprint density at radius 3 is 2.81 bits per heavy atom. The summed E-state index contributed by atoms with van der Waals surface area (Å²) in [5.74, 6) is -1.02. The lowest BCUT2D eigenvalue weighted by Gasteiger charge is -2.10. The highest BCUT2D eigenvalue weighted by Crippen LogP contribution is 2.22. The van der Waals surface area contributed by atoms with E-state index in [0.29, 0.717) is 12.4 Å². The van der Waals surface area contributed by atoms with E-state index in [1.54, 1.807) is 16.9 Å². The Hall–Kier alpha value is -2.67. The van der Waals surface area contributed by atoms with E-state index >= 15 is 0 Å². The lowest BCUT2D eigenvalue weighted by molar-refractivity contribution is -0.113. The summed E-state index contributed by atoms with van der Waals surface area (Å²) in [6.45, 7) is 2.55. The first-order valence-electron chi connectivity index (χ1n) is 7.96. The highest BCUT2D eigenvalue weighted by atomic mass is 32.2. The molecular weight excluding hydrogens is 356 g/mol. The van der Waals surface area contributed by atoms with Crippen LogP contribution in [0.5, 0.6) is 0 Å². The third kappa shape index (κ3) is 4.70. The van der Waals surface area contributed by atoms with Gasteiger partial charge < -0.3 is 5.32 Å². The maximum atomic E-state index is 13.6. The van der Waals surface area contributed by atoms with Crippen molar-refractivity contribution in [1.29, 1.82) is 0 Å². The van der Waals surface area contributed by atoms with Gasteiger partial charge in [-0.1, -0.05) is 29.8 Å². The number of aromatic nitrogens is 2. The molecule has 0 spiro atoms. The maximum absolute atomic E-state index is 13.6. The molecule has 1 N–H and O–H groups in total. The van der Waals surface area contributed by atoms with Crippen LogP contribution in [0.25, 0.3) is 0 Å². The average Bonchev–Trinajstić information content (AvgIpc) is 3.01. The Morgan fingerprint density at radius 1 is 1.19 bits per heavy atom. The van der Waals surface area contributed by atoms with Gasteiger partial charge in [0.1, 0.15) is 17.5 Å². The van der Waals surface area contributed by atoms with Gasteiger partial charge in [0, 0.05) is 17.0 Å². The van der Waals surface area contributed by atoms with Crippen molar-refractivity contribution in [2.24, 2.45) is 0 Å². The third-order valence-corrected chi connectivity index (χ3v) is 4.70. The first-order valence-corrected chi connectivity index (χ1v) is 8.95. The van der Waals surface area contributed by atoms with Crippen molar-refractivity contribution in [3.8, 4) is 0 Å². The van der Waals surface area contributed by atoms with E-state index in [-0.39, 0.29) is 16.6 Å². The molecule has 0 aliphatic carbocycles. The van der Waals surface area contributed by atoms with Crippen molar-refractivity contribution in [2.75, 3.05) is 11.1 Å². The first kappa shape index (κ1) is 18.1. The second-order valence-electron chi connectivity index (χ2n) is 5.77. The Morgan fingerprint density at radius 2 is 2.04 bits per heavy atom. The van der Waals surface area contributed by atoms with E-state index in [4.69, 9.17) is 0 Å². The van der Waals surface area contributed by atoms with Crippen molar-refractivity contribution >= 4 is 23.5 Å². The molecule has 0 saturated heterocycles. The maximum Gasteiger partial charge on any atom is 0.235 e.